The SMILES string of the molecule is N#Cc1ccc(N2CC3(NC=O)CC3(C(F)(F)F)C2)c2cccnc12. The number of amides is 1. The number of anilines is 1. The Kier molecular flexibility index (Phi) is 3.04. The Morgan fingerprint density at radius 2 is 2.12 bits per heavy atom. The van der Waals surface area contributed by atoms with Crippen LogP contribution in [0.15, 0.2) is 30.5 Å². The van der Waals surface area contributed by atoms with Gasteiger partial charge in [0.15, 0.2) is 0 Å². The molecule has 1 aromatic heterocycles. The predicted octanol–water partition coefficient (Wildman–Crippen LogP) is 2.36. The minimum atomic E-state index is -4.40. The van der Waals surface area contributed by atoms with Gasteiger partial charge in [-0.25, -0.2) is 0 Å². The third-order valence-corrected chi connectivity index (χ3v) is 5.40. The fourth-order valence-corrected chi connectivity index (χ4v) is 4.10. The molecule has 2 heterocycles. The van der Waals surface area contributed by atoms with Crippen molar-refractivity contribution in [3.63, 3.8) is 0 Å². The Balaban J connectivity index is 1.80. The first-order valence-electron chi connectivity index (χ1n) is 7.68. The Bertz CT molecular complexity index is 922. The van der Waals surface area contributed by atoms with Crippen molar-refractivity contribution >= 4 is 23.0 Å². The van der Waals surface area contributed by atoms with Crippen LogP contribution < -0.4 is 10.2 Å². The van der Waals surface area contributed by atoms with Gasteiger partial charge in [-0.1, -0.05) is 0 Å². The van der Waals surface area contributed by atoms with Crippen molar-refractivity contribution in [1.82, 2.24) is 10.3 Å². The summed E-state index contributed by atoms with van der Waals surface area (Å²) in [5.74, 6) is 0. The van der Waals surface area contributed by atoms with Gasteiger partial charge in [0, 0.05) is 30.4 Å². The Hall–Kier alpha value is -2.82. The third-order valence-electron chi connectivity index (χ3n) is 5.40. The molecule has 2 unspecified atom stereocenters. The van der Waals surface area contributed by atoms with Gasteiger partial charge >= 0.3 is 6.18 Å². The minimum Gasteiger partial charge on any atom is -0.368 e. The monoisotopic (exact) mass is 346 g/mol. The van der Waals surface area contributed by atoms with Crippen molar-refractivity contribution in [2.45, 2.75) is 18.1 Å². The molecule has 128 valence electrons. The second-order valence-electron chi connectivity index (χ2n) is 6.60. The molecule has 1 amide bonds. The topological polar surface area (TPSA) is 69.0 Å². The first-order chi connectivity index (χ1) is 11.9. The number of carbonyl (C=O) groups excluding carboxylic acids is 1. The van der Waals surface area contributed by atoms with E-state index < -0.39 is 17.1 Å². The molecule has 0 spiro atoms. The molecule has 1 aliphatic heterocycles. The number of nitriles is 1. The number of carbonyl (C=O) groups is 1. The molecular formula is C17H13F3N4O. The van der Waals surface area contributed by atoms with E-state index in [1.54, 1.807) is 35.4 Å². The van der Waals surface area contributed by atoms with Crippen molar-refractivity contribution in [2.24, 2.45) is 5.41 Å². The normalized spacial score (nSPS) is 27.7. The molecule has 0 radical (unpaired) electrons. The second-order valence-corrected chi connectivity index (χ2v) is 6.60. The highest BCUT2D eigenvalue weighted by Crippen LogP contribution is 2.69. The van der Waals surface area contributed by atoms with Gasteiger partial charge in [-0.15, -0.1) is 0 Å². The van der Waals surface area contributed by atoms with Gasteiger partial charge in [-0.05, 0) is 30.7 Å². The summed E-state index contributed by atoms with van der Waals surface area (Å²) in [5.41, 5.74) is -1.79. The number of benzene rings is 1. The summed E-state index contributed by atoms with van der Waals surface area (Å²) in [6.45, 7) is -0.158. The quantitative estimate of drug-likeness (QED) is 0.867. The van der Waals surface area contributed by atoms with Crippen LogP contribution in [-0.4, -0.2) is 36.2 Å². The smallest absolute Gasteiger partial charge is 0.368 e. The van der Waals surface area contributed by atoms with Crippen LogP contribution in [0.25, 0.3) is 10.9 Å². The number of hydrogen-bond acceptors (Lipinski definition) is 4. The fraction of sp³-hybridized carbons (Fsp3) is 0.353. The van der Waals surface area contributed by atoms with E-state index in [1.807, 2.05) is 6.07 Å². The Morgan fingerprint density at radius 1 is 1.32 bits per heavy atom. The molecule has 1 aromatic carbocycles. The molecule has 25 heavy (non-hydrogen) atoms. The van der Waals surface area contributed by atoms with Gasteiger partial charge in [0.1, 0.15) is 11.5 Å². The molecule has 1 N–H and O–H groups in total. The van der Waals surface area contributed by atoms with Crippen LogP contribution in [0.5, 0.6) is 0 Å². The van der Waals surface area contributed by atoms with E-state index in [2.05, 4.69) is 10.3 Å². The number of fused-ring (bicyclic) bond motifs is 2. The fourth-order valence-electron chi connectivity index (χ4n) is 4.10. The molecule has 2 aromatic rings. The standard InChI is InChI=1S/C17H13F3N4O/c18-17(19,20)15-7-16(15,23-10-25)9-24(8-15)13-4-3-11(6-21)14-12(13)2-1-5-22-14/h1-5,10H,7-9H2,(H,23,25). The van der Waals surface area contributed by atoms with Gasteiger partial charge < -0.3 is 10.2 Å². The van der Waals surface area contributed by atoms with Gasteiger partial charge in [0.25, 0.3) is 0 Å². The van der Waals surface area contributed by atoms with Crippen LogP contribution in [0.2, 0.25) is 0 Å². The van der Waals surface area contributed by atoms with Crippen LogP contribution in [-0.2, 0) is 4.79 Å². The number of pyridine rings is 1. The minimum absolute atomic E-state index is 0.0706. The molecule has 4 rings (SSSR count). The molecule has 1 aliphatic carbocycles. The van der Waals surface area contributed by atoms with Crippen LogP contribution in [0, 0.1) is 16.7 Å². The van der Waals surface area contributed by atoms with Crippen molar-refractivity contribution in [1.29, 1.82) is 5.26 Å². The maximum atomic E-state index is 13.6. The first kappa shape index (κ1) is 15.7. The maximum absolute atomic E-state index is 13.6. The zero-order chi connectivity index (χ0) is 17.9. The van der Waals surface area contributed by atoms with Crippen molar-refractivity contribution in [2.75, 3.05) is 18.0 Å². The Morgan fingerprint density at radius 3 is 2.80 bits per heavy atom. The Labute approximate surface area is 141 Å². The number of rotatable bonds is 3. The van der Waals surface area contributed by atoms with E-state index in [-0.39, 0.29) is 19.5 Å². The average Bonchev–Trinajstić information content (AvgIpc) is 3.10. The van der Waals surface area contributed by atoms with E-state index in [0.717, 1.165) is 0 Å². The number of hydrogen-bond donors (Lipinski definition) is 1. The number of halogens is 3. The molecule has 1 saturated heterocycles. The van der Waals surface area contributed by atoms with E-state index in [9.17, 15) is 23.2 Å². The molecule has 8 heteroatoms. The molecule has 2 atom stereocenters. The van der Waals surface area contributed by atoms with Gasteiger partial charge in [0.2, 0.25) is 6.41 Å². The number of aromatic nitrogens is 1. The number of nitrogens with zero attached hydrogens (tertiary/aromatic N) is 3. The van der Waals surface area contributed by atoms with Crippen molar-refractivity contribution in [3.05, 3.63) is 36.0 Å². The lowest BCUT2D eigenvalue weighted by Gasteiger charge is -2.25. The number of nitrogens with one attached hydrogen (secondary N) is 1. The van der Waals surface area contributed by atoms with Crippen LogP contribution in [0.3, 0.4) is 0 Å². The lowest BCUT2D eigenvalue weighted by Crippen LogP contribution is -2.42. The number of piperidine rings is 1. The zero-order valence-corrected chi connectivity index (χ0v) is 13.0. The van der Waals surface area contributed by atoms with E-state index >= 15 is 0 Å². The van der Waals surface area contributed by atoms with Gasteiger partial charge in [-0.3, -0.25) is 9.78 Å². The van der Waals surface area contributed by atoms with Crippen LogP contribution in [0.4, 0.5) is 18.9 Å². The summed E-state index contributed by atoms with van der Waals surface area (Å²) in [6.07, 6.45) is -2.62. The van der Waals surface area contributed by atoms with Crippen molar-refractivity contribution < 1.29 is 18.0 Å². The lowest BCUT2D eigenvalue weighted by molar-refractivity contribution is -0.186. The van der Waals surface area contributed by atoms with Crippen LogP contribution >= 0.6 is 0 Å². The largest absolute Gasteiger partial charge is 0.398 e. The van der Waals surface area contributed by atoms with E-state index in [4.69, 9.17) is 0 Å². The molecule has 2 aliphatic rings. The van der Waals surface area contributed by atoms with Crippen LogP contribution in [0.1, 0.15) is 12.0 Å². The number of alkyl halides is 3. The molecular weight excluding hydrogens is 333 g/mol. The zero-order valence-electron chi connectivity index (χ0n) is 13.0. The lowest BCUT2D eigenvalue weighted by atomic mass is 10.0. The van der Waals surface area contributed by atoms with Gasteiger partial charge in [-0.2, -0.15) is 18.4 Å². The first-order valence-corrected chi connectivity index (χ1v) is 7.68. The van der Waals surface area contributed by atoms with E-state index in [1.165, 1.54) is 0 Å². The highest BCUT2D eigenvalue weighted by Gasteiger charge is 2.83. The van der Waals surface area contributed by atoms with E-state index in [0.29, 0.717) is 28.6 Å². The molecule has 0 bridgehead atoms. The summed E-state index contributed by atoms with van der Waals surface area (Å²) >= 11 is 0. The average molecular weight is 346 g/mol. The van der Waals surface area contributed by atoms with Crippen molar-refractivity contribution in [3.8, 4) is 6.07 Å². The summed E-state index contributed by atoms with van der Waals surface area (Å²) in [4.78, 5) is 16.7. The predicted molar refractivity (Wildman–Crippen MR) is 83.7 cm³/mol. The maximum Gasteiger partial charge on any atom is 0.398 e. The molecule has 5 nitrogen and oxygen atoms in total. The highest BCUT2D eigenvalue weighted by molar-refractivity contribution is 5.95. The third kappa shape index (κ3) is 1.95. The highest BCUT2D eigenvalue weighted by atomic mass is 19.4. The summed E-state index contributed by atoms with van der Waals surface area (Å²) in [7, 11) is 0. The summed E-state index contributed by atoms with van der Waals surface area (Å²) in [6, 6.07) is 8.68. The van der Waals surface area contributed by atoms with Gasteiger partial charge in [0.05, 0.1) is 16.6 Å². The second kappa shape index (κ2) is 4.85. The summed E-state index contributed by atoms with van der Waals surface area (Å²) in [5, 5.41) is 12.2. The molecule has 1 saturated carbocycles. The summed E-state index contributed by atoms with van der Waals surface area (Å²) < 4.78 is 40.9. The molecule has 2 fully saturated rings.